The fourth-order valence-corrected chi connectivity index (χ4v) is 5.25. The van der Waals surface area contributed by atoms with Crippen LogP contribution in [0, 0.1) is 12.8 Å². The Labute approximate surface area is 220 Å². The molecule has 0 aliphatic carbocycles. The van der Waals surface area contributed by atoms with Gasteiger partial charge in [-0.25, -0.2) is 0 Å². The molecule has 2 atom stereocenters. The molecule has 2 fully saturated rings. The smallest absolute Gasteiger partial charge is 0.248 e. The summed E-state index contributed by atoms with van der Waals surface area (Å²) >= 11 is 0. The Morgan fingerprint density at radius 1 is 1.11 bits per heavy atom. The summed E-state index contributed by atoms with van der Waals surface area (Å²) in [7, 11) is 0. The molecule has 1 spiro atoms. The second-order valence-corrected chi connectivity index (χ2v) is 10.7. The van der Waals surface area contributed by atoms with Gasteiger partial charge in [-0.3, -0.25) is 19.5 Å². The van der Waals surface area contributed by atoms with Crippen LogP contribution in [-0.2, 0) is 16.1 Å². The van der Waals surface area contributed by atoms with Gasteiger partial charge in [0, 0.05) is 31.9 Å². The van der Waals surface area contributed by atoms with Crippen molar-refractivity contribution in [1.29, 1.82) is 0 Å². The van der Waals surface area contributed by atoms with Gasteiger partial charge in [0.1, 0.15) is 23.1 Å². The maximum atomic E-state index is 13.5. The number of aryl methyl sites for hydroxylation is 1. The van der Waals surface area contributed by atoms with Crippen LogP contribution in [0.3, 0.4) is 0 Å². The van der Waals surface area contributed by atoms with Crippen LogP contribution in [0.15, 0.2) is 42.6 Å². The molecule has 200 valence electrons. The Bertz CT molecular complexity index is 1060. The van der Waals surface area contributed by atoms with Crippen LogP contribution in [-0.4, -0.2) is 69.0 Å². The molecular weight excluding hydrogens is 468 g/mol. The molecule has 8 heteroatoms. The maximum Gasteiger partial charge on any atom is 0.248 e. The predicted molar refractivity (Wildman–Crippen MR) is 142 cm³/mol. The number of ether oxygens (including phenoxy) is 1. The van der Waals surface area contributed by atoms with Crippen LogP contribution in [0.1, 0.15) is 57.7 Å². The van der Waals surface area contributed by atoms with Crippen molar-refractivity contribution < 1.29 is 19.4 Å². The van der Waals surface area contributed by atoms with Crippen molar-refractivity contribution in [1.82, 2.24) is 20.1 Å². The molecule has 2 aliphatic heterocycles. The number of hydrogen-bond donors (Lipinski definition) is 2. The third-order valence-corrected chi connectivity index (χ3v) is 7.65. The molecule has 0 radical (unpaired) electrons. The Kier molecular flexibility index (Phi) is 8.49. The second-order valence-electron chi connectivity index (χ2n) is 10.7. The summed E-state index contributed by atoms with van der Waals surface area (Å²) in [6.07, 6.45) is 3.76. The average Bonchev–Trinajstić information content (AvgIpc) is 2.89. The molecule has 8 nitrogen and oxygen atoms in total. The third kappa shape index (κ3) is 5.96. The van der Waals surface area contributed by atoms with Gasteiger partial charge in [-0.1, -0.05) is 39.3 Å². The van der Waals surface area contributed by atoms with Gasteiger partial charge >= 0.3 is 0 Å². The molecular formula is C29H40N4O4. The minimum atomic E-state index is -0.896. The molecule has 2 saturated heterocycles. The third-order valence-electron chi connectivity index (χ3n) is 7.65. The van der Waals surface area contributed by atoms with E-state index >= 15 is 0 Å². The zero-order valence-corrected chi connectivity index (χ0v) is 22.4. The highest BCUT2D eigenvalue weighted by atomic mass is 16.5. The molecule has 0 saturated carbocycles. The van der Waals surface area contributed by atoms with Crippen molar-refractivity contribution in [3.05, 3.63) is 53.9 Å². The highest BCUT2D eigenvalue weighted by molar-refractivity contribution is 6.00. The molecule has 0 unspecified atom stereocenters. The highest BCUT2D eigenvalue weighted by Crippen LogP contribution is 2.35. The number of hydrogen-bond acceptors (Lipinski definition) is 6. The number of carbonyl (C=O) groups is 2. The lowest BCUT2D eigenvalue weighted by molar-refractivity contribution is -0.165. The van der Waals surface area contributed by atoms with Gasteiger partial charge in [0.15, 0.2) is 0 Å². The van der Waals surface area contributed by atoms with Crippen LogP contribution >= 0.6 is 0 Å². The minimum absolute atomic E-state index is 0.122. The van der Waals surface area contributed by atoms with Crippen LogP contribution in [0.25, 0.3) is 0 Å². The van der Waals surface area contributed by atoms with Crippen LogP contribution < -0.4 is 10.1 Å². The number of piperazine rings is 1. The second kappa shape index (κ2) is 11.6. The first-order valence-corrected chi connectivity index (χ1v) is 13.5. The average molecular weight is 509 g/mol. The van der Waals surface area contributed by atoms with E-state index in [-0.39, 0.29) is 17.7 Å². The number of carbonyl (C=O) groups excluding carboxylic acids is 2. The lowest BCUT2D eigenvalue weighted by Crippen LogP contribution is -2.74. The maximum absolute atomic E-state index is 13.5. The number of piperidine rings is 1. The van der Waals surface area contributed by atoms with Gasteiger partial charge in [-0.15, -0.1) is 0 Å². The monoisotopic (exact) mass is 508 g/mol. The number of nitrogens with one attached hydrogen (secondary N) is 1. The summed E-state index contributed by atoms with van der Waals surface area (Å²) in [5, 5.41) is 13.5. The number of nitrogens with zero attached hydrogens (tertiary/aromatic N) is 3. The van der Waals surface area contributed by atoms with Crippen molar-refractivity contribution in [2.45, 2.75) is 77.6 Å². The zero-order valence-electron chi connectivity index (χ0n) is 22.4. The molecule has 2 amide bonds. The fourth-order valence-electron chi connectivity index (χ4n) is 5.25. The lowest BCUT2D eigenvalue weighted by atomic mass is 9.80. The number of likely N-dealkylation sites (tertiary alicyclic amines) is 1. The van der Waals surface area contributed by atoms with E-state index in [1.807, 2.05) is 45.0 Å². The summed E-state index contributed by atoms with van der Waals surface area (Å²) < 4.78 is 5.88. The van der Waals surface area contributed by atoms with Gasteiger partial charge in [-0.05, 0) is 61.9 Å². The topological polar surface area (TPSA) is 95.0 Å². The Morgan fingerprint density at radius 2 is 1.78 bits per heavy atom. The number of rotatable bonds is 9. The number of pyridine rings is 1. The molecule has 37 heavy (non-hydrogen) atoms. The number of aliphatic hydroxyl groups excluding tert-OH is 1. The first-order valence-electron chi connectivity index (χ1n) is 13.5. The van der Waals surface area contributed by atoms with E-state index in [0.717, 1.165) is 36.4 Å². The van der Waals surface area contributed by atoms with E-state index < -0.39 is 17.7 Å². The van der Waals surface area contributed by atoms with Crippen molar-refractivity contribution in [3.8, 4) is 11.5 Å². The van der Waals surface area contributed by atoms with Crippen LogP contribution in [0.2, 0.25) is 0 Å². The largest absolute Gasteiger partial charge is 0.456 e. The van der Waals surface area contributed by atoms with E-state index in [0.29, 0.717) is 38.2 Å². The highest BCUT2D eigenvalue weighted by Gasteiger charge is 2.54. The van der Waals surface area contributed by atoms with Crippen LogP contribution in [0.4, 0.5) is 0 Å². The van der Waals surface area contributed by atoms with Crippen molar-refractivity contribution >= 4 is 11.8 Å². The Balaban J connectivity index is 1.39. The molecule has 2 aromatic rings. The summed E-state index contributed by atoms with van der Waals surface area (Å²) in [5.74, 6) is 1.06. The van der Waals surface area contributed by atoms with E-state index in [1.54, 1.807) is 11.1 Å². The van der Waals surface area contributed by atoms with Crippen molar-refractivity contribution in [2.75, 3.05) is 19.6 Å². The SMILES string of the molecule is CCCCN1C(=O)[C@@H]([C@H](O)C(C)C)NC(=O)C12CCN(Cc1ccc(Oc3ccc(C)nc3)cc1)CC2. The molecule has 3 heterocycles. The summed E-state index contributed by atoms with van der Waals surface area (Å²) in [4.78, 5) is 35.3. The predicted octanol–water partition coefficient (Wildman–Crippen LogP) is 3.66. The van der Waals surface area contributed by atoms with Gasteiger partial charge in [-0.2, -0.15) is 0 Å². The zero-order chi connectivity index (χ0) is 26.6. The first kappa shape index (κ1) is 27.1. The normalized spacial score (nSPS) is 20.8. The van der Waals surface area contributed by atoms with Gasteiger partial charge < -0.3 is 20.1 Å². The standard InChI is InChI=1S/C29H40N4O4/c1-5-6-15-33-27(35)25(26(34)20(2)3)31-28(36)29(33)13-16-32(17-14-29)19-22-8-11-23(12-9-22)37-24-10-7-21(4)30-18-24/h7-12,18,20,25-26,34H,5-6,13-17,19H2,1-4H3,(H,31,36)/t25-,26-/m1/s1. The summed E-state index contributed by atoms with van der Waals surface area (Å²) in [6.45, 7) is 10.5. The lowest BCUT2D eigenvalue weighted by Gasteiger charge is -2.52. The van der Waals surface area contributed by atoms with E-state index in [2.05, 4.69) is 34.3 Å². The Hall–Kier alpha value is -2.97. The Morgan fingerprint density at radius 3 is 2.38 bits per heavy atom. The summed E-state index contributed by atoms with van der Waals surface area (Å²) in [6, 6.07) is 11.0. The molecule has 1 aromatic carbocycles. The van der Waals surface area contributed by atoms with E-state index in [9.17, 15) is 14.7 Å². The van der Waals surface area contributed by atoms with Crippen LogP contribution in [0.5, 0.6) is 11.5 Å². The number of aliphatic hydroxyl groups is 1. The number of amides is 2. The van der Waals surface area contributed by atoms with Crippen molar-refractivity contribution in [2.24, 2.45) is 5.92 Å². The summed E-state index contributed by atoms with van der Waals surface area (Å²) in [5.41, 5.74) is 1.27. The number of unbranched alkanes of at least 4 members (excludes halogenated alkanes) is 1. The van der Waals surface area contributed by atoms with Gasteiger partial charge in [0.2, 0.25) is 11.8 Å². The molecule has 1 aromatic heterocycles. The van der Waals surface area contributed by atoms with Gasteiger partial charge in [0.05, 0.1) is 12.3 Å². The van der Waals surface area contributed by atoms with E-state index in [1.165, 1.54) is 0 Å². The molecule has 0 bridgehead atoms. The van der Waals surface area contributed by atoms with Gasteiger partial charge in [0.25, 0.3) is 0 Å². The molecule has 4 rings (SSSR count). The fraction of sp³-hybridized carbons (Fsp3) is 0.552. The number of aromatic nitrogens is 1. The van der Waals surface area contributed by atoms with E-state index in [4.69, 9.17) is 4.74 Å². The first-order chi connectivity index (χ1) is 17.7. The minimum Gasteiger partial charge on any atom is -0.456 e. The van der Waals surface area contributed by atoms with Crippen molar-refractivity contribution in [3.63, 3.8) is 0 Å². The number of benzene rings is 1. The quantitative estimate of drug-likeness (QED) is 0.537. The molecule has 2 N–H and O–H groups in total. The molecule has 2 aliphatic rings.